The van der Waals surface area contributed by atoms with E-state index >= 15 is 0 Å². The van der Waals surface area contributed by atoms with Crippen molar-refractivity contribution in [2.75, 3.05) is 0 Å². The summed E-state index contributed by atoms with van der Waals surface area (Å²) in [6, 6.07) is 4.50. The summed E-state index contributed by atoms with van der Waals surface area (Å²) in [6.07, 6.45) is -1.47. The molecule has 0 atom stereocenters. The SMILES string of the molecule is C=C(/C(=C/C)c1c(C)cc(C(F)(F)F)cc1-c1[nH]ncc1C)c1c(F)ccc(C)c1F.CC.CC. The highest BCUT2D eigenvalue weighted by atomic mass is 19.4. The van der Waals surface area contributed by atoms with Crippen molar-refractivity contribution in [3.8, 4) is 11.3 Å². The molecule has 1 aromatic heterocycles. The van der Waals surface area contributed by atoms with Gasteiger partial charge >= 0.3 is 6.18 Å². The van der Waals surface area contributed by atoms with Crippen LogP contribution in [0, 0.1) is 32.4 Å². The number of halogens is 5. The summed E-state index contributed by atoms with van der Waals surface area (Å²) in [5.74, 6) is -1.55. The number of hydrogen-bond acceptors (Lipinski definition) is 1. The highest BCUT2D eigenvalue weighted by Crippen LogP contribution is 2.43. The molecule has 0 aliphatic carbocycles. The van der Waals surface area contributed by atoms with Gasteiger partial charge in [0.25, 0.3) is 0 Å². The number of aromatic nitrogens is 2. The summed E-state index contributed by atoms with van der Waals surface area (Å²) >= 11 is 0. The second-order valence-corrected chi connectivity index (χ2v) is 7.38. The lowest BCUT2D eigenvalue weighted by molar-refractivity contribution is -0.137. The Morgan fingerprint density at radius 1 is 0.914 bits per heavy atom. The number of nitrogens with zero attached hydrogens (tertiary/aromatic N) is 1. The largest absolute Gasteiger partial charge is 0.416 e. The number of hydrogen-bond donors (Lipinski definition) is 1. The van der Waals surface area contributed by atoms with E-state index in [0.717, 1.165) is 18.2 Å². The van der Waals surface area contributed by atoms with Crippen LogP contribution in [0.3, 0.4) is 0 Å². The third kappa shape index (κ3) is 6.27. The first kappa shape index (κ1) is 29.8. The molecule has 3 aromatic rings. The summed E-state index contributed by atoms with van der Waals surface area (Å²) in [4.78, 5) is 0. The van der Waals surface area contributed by atoms with Crippen LogP contribution >= 0.6 is 0 Å². The fourth-order valence-electron chi connectivity index (χ4n) is 3.66. The molecule has 1 heterocycles. The number of benzene rings is 2. The average molecular weight is 493 g/mol. The van der Waals surface area contributed by atoms with Gasteiger partial charge in [-0.3, -0.25) is 5.10 Å². The first-order valence-electron chi connectivity index (χ1n) is 11.5. The van der Waals surface area contributed by atoms with Gasteiger partial charge in [-0.15, -0.1) is 0 Å². The van der Waals surface area contributed by atoms with Gasteiger partial charge in [-0.2, -0.15) is 18.3 Å². The fourth-order valence-corrected chi connectivity index (χ4v) is 3.66. The number of aryl methyl sites for hydroxylation is 3. The molecule has 7 heteroatoms. The number of nitrogens with one attached hydrogen (secondary N) is 1. The second-order valence-electron chi connectivity index (χ2n) is 7.38. The maximum Gasteiger partial charge on any atom is 0.416 e. The van der Waals surface area contributed by atoms with Crippen molar-refractivity contribution in [1.82, 2.24) is 10.2 Å². The average Bonchev–Trinajstić information content (AvgIpc) is 3.25. The van der Waals surface area contributed by atoms with E-state index in [0.29, 0.717) is 28.0 Å². The Balaban J connectivity index is 0.00000145. The highest BCUT2D eigenvalue weighted by molar-refractivity contribution is 6.07. The van der Waals surface area contributed by atoms with Gasteiger partial charge < -0.3 is 0 Å². The van der Waals surface area contributed by atoms with Crippen molar-refractivity contribution < 1.29 is 22.0 Å². The van der Waals surface area contributed by atoms with Crippen molar-refractivity contribution >= 4 is 11.1 Å². The first-order chi connectivity index (χ1) is 16.5. The Bertz CT molecular complexity index is 1200. The summed E-state index contributed by atoms with van der Waals surface area (Å²) in [7, 11) is 0. The minimum atomic E-state index is -4.56. The maximum atomic E-state index is 14.8. The smallest absolute Gasteiger partial charge is 0.278 e. The van der Waals surface area contributed by atoms with Crippen LogP contribution in [-0.2, 0) is 6.18 Å². The van der Waals surface area contributed by atoms with Crippen molar-refractivity contribution in [3.63, 3.8) is 0 Å². The van der Waals surface area contributed by atoms with E-state index in [-0.39, 0.29) is 22.3 Å². The highest BCUT2D eigenvalue weighted by Gasteiger charge is 2.33. The van der Waals surface area contributed by atoms with Gasteiger partial charge in [-0.05, 0) is 79.3 Å². The molecular weight excluding hydrogens is 459 g/mol. The molecule has 1 N–H and O–H groups in total. The summed E-state index contributed by atoms with van der Waals surface area (Å²) < 4.78 is 69.9. The molecule has 0 bridgehead atoms. The molecule has 0 amide bonds. The molecule has 0 spiro atoms. The Hall–Kier alpha value is -3.22. The van der Waals surface area contributed by atoms with Crippen molar-refractivity contribution in [3.05, 3.63) is 88.1 Å². The molecule has 190 valence electrons. The van der Waals surface area contributed by atoms with E-state index in [9.17, 15) is 22.0 Å². The summed E-state index contributed by atoms with van der Waals surface area (Å²) in [5.41, 5.74) is 1.42. The minimum absolute atomic E-state index is 0.0440. The third-order valence-corrected chi connectivity index (χ3v) is 5.23. The van der Waals surface area contributed by atoms with Crippen molar-refractivity contribution in [2.24, 2.45) is 0 Å². The van der Waals surface area contributed by atoms with Crippen LogP contribution in [0.1, 0.15) is 68.0 Å². The molecule has 0 aliphatic rings. The van der Waals surface area contributed by atoms with Crippen molar-refractivity contribution in [2.45, 2.75) is 61.6 Å². The maximum absolute atomic E-state index is 14.8. The van der Waals surface area contributed by atoms with E-state index in [2.05, 4.69) is 16.8 Å². The van der Waals surface area contributed by atoms with Crippen LogP contribution in [0.25, 0.3) is 22.4 Å². The molecule has 35 heavy (non-hydrogen) atoms. The minimum Gasteiger partial charge on any atom is -0.278 e. The predicted molar refractivity (Wildman–Crippen MR) is 135 cm³/mol. The fraction of sp³-hybridized carbons (Fsp3) is 0.321. The molecule has 0 saturated carbocycles. The van der Waals surface area contributed by atoms with Gasteiger partial charge in [-0.1, -0.05) is 46.4 Å². The molecule has 3 rings (SSSR count). The van der Waals surface area contributed by atoms with Crippen LogP contribution in [0.5, 0.6) is 0 Å². The monoisotopic (exact) mass is 492 g/mol. The van der Waals surface area contributed by atoms with Crippen LogP contribution in [0.4, 0.5) is 22.0 Å². The molecule has 0 saturated heterocycles. The summed E-state index contributed by atoms with van der Waals surface area (Å²) in [6.45, 7) is 18.3. The molecule has 0 fully saturated rings. The van der Waals surface area contributed by atoms with Crippen molar-refractivity contribution in [1.29, 1.82) is 0 Å². The van der Waals surface area contributed by atoms with Gasteiger partial charge in [0.1, 0.15) is 11.6 Å². The number of allylic oxidation sites excluding steroid dienone is 3. The van der Waals surface area contributed by atoms with Gasteiger partial charge in [0, 0.05) is 5.56 Å². The Labute approximate surface area is 204 Å². The third-order valence-electron chi connectivity index (χ3n) is 5.23. The van der Waals surface area contributed by atoms with Crippen LogP contribution in [-0.4, -0.2) is 10.2 Å². The topological polar surface area (TPSA) is 28.7 Å². The van der Waals surface area contributed by atoms with Gasteiger partial charge in [0.05, 0.1) is 23.0 Å². The lowest BCUT2D eigenvalue weighted by Crippen LogP contribution is -2.08. The standard InChI is InChI=1S/C24H21F5N2.2C2H6/c1-6-17(15(5)21-19(25)8-7-12(2)22(21)26)20-13(3)9-16(24(27,28)29)10-18(20)23-14(4)11-30-31-23;2*1-2/h6-11H,5H2,1-4H3,(H,30,31);2*1-2H3/b17-6-;;. The van der Waals surface area contributed by atoms with Crippen LogP contribution in [0.15, 0.2) is 43.1 Å². The van der Waals surface area contributed by atoms with E-state index in [4.69, 9.17) is 0 Å². The quantitative estimate of drug-likeness (QED) is 0.285. The van der Waals surface area contributed by atoms with Gasteiger partial charge in [0.15, 0.2) is 0 Å². The van der Waals surface area contributed by atoms with E-state index in [1.807, 2.05) is 27.7 Å². The second kappa shape index (κ2) is 12.5. The lowest BCUT2D eigenvalue weighted by Gasteiger charge is -2.21. The normalized spacial score (nSPS) is 11.3. The number of alkyl halides is 3. The van der Waals surface area contributed by atoms with Crippen LogP contribution in [0.2, 0.25) is 0 Å². The van der Waals surface area contributed by atoms with Gasteiger partial charge in [0.2, 0.25) is 0 Å². The lowest BCUT2D eigenvalue weighted by atomic mass is 9.84. The molecule has 2 nitrogen and oxygen atoms in total. The predicted octanol–water partition coefficient (Wildman–Crippen LogP) is 9.47. The zero-order valence-corrected chi connectivity index (χ0v) is 21.5. The first-order valence-corrected chi connectivity index (χ1v) is 11.5. The molecule has 0 aliphatic heterocycles. The van der Waals surface area contributed by atoms with Crippen LogP contribution < -0.4 is 0 Å². The Morgan fingerprint density at radius 3 is 2.00 bits per heavy atom. The zero-order chi connectivity index (χ0) is 27.1. The van der Waals surface area contributed by atoms with E-state index < -0.39 is 23.4 Å². The van der Waals surface area contributed by atoms with E-state index in [1.165, 1.54) is 26.1 Å². The number of H-pyrrole nitrogens is 1. The number of aromatic amines is 1. The molecule has 0 unspecified atom stereocenters. The van der Waals surface area contributed by atoms with E-state index in [1.54, 1.807) is 19.9 Å². The summed E-state index contributed by atoms with van der Waals surface area (Å²) in [5, 5.41) is 6.66. The van der Waals surface area contributed by atoms with Gasteiger partial charge in [-0.25, -0.2) is 8.78 Å². The Morgan fingerprint density at radius 2 is 1.51 bits per heavy atom. The number of rotatable bonds is 4. The zero-order valence-electron chi connectivity index (χ0n) is 21.5. The molecule has 2 aromatic carbocycles. The Kier molecular flexibility index (Phi) is 10.6. The molecular formula is C28H33F5N2. The molecule has 0 radical (unpaired) electrons.